The van der Waals surface area contributed by atoms with Gasteiger partial charge in [-0.05, 0) is 41.5 Å². The lowest BCUT2D eigenvalue weighted by molar-refractivity contribution is -0.149. The van der Waals surface area contributed by atoms with Gasteiger partial charge in [-0.1, -0.05) is 0 Å². The quantitative estimate of drug-likeness (QED) is 0.190. The van der Waals surface area contributed by atoms with Gasteiger partial charge >= 0.3 is 25.3 Å². The van der Waals surface area contributed by atoms with Crippen molar-refractivity contribution >= 4 is 19.6 Å². The van der Waals surface area contributed by atoms with Crippen LogP contribution in [0.2, 0.25) is 0 Å². The fraction of sp³-hybridized carbons (Fsp3) is 0.727. The van der Waals surface area contributed by atoms with Crippen molar-refractivity contribution in [2.45, 2.75) is 84.3 Å². The van der Waals surface area contributed by atoms with Gasteiger partial charge in [0.05, 0.1) is 31.6 Å². The fourth-order valence-corrected chi connectivity index (χ4v) is 5.39. The maximum absolute atomic E-state index is 13.9. The van der Waals surface area contributed by atoms with Gasteiger partial charge < -0.3 is 23.8 Å². The predicted molar refractivity (Wildman–Crippen MR) is 132 cm³/mol. The molecule has 0 bridgehead atoms. The van der Waals surface area contributed by atoms with Gasteiger partial charge in [-0.25, -0.2) is 15.0 Å². The van der Waals surface area contributed by atoms with Crippen molar-refractivity contribution in [3.8, 4) is 0 Å². The first-order valence-corrected chi connectivity index (χ1v) is 13.7. The van der Waals surface area contributed by atoms with E-state index in [1.165, 1.54) is 13.8 Å². The number of aromatic amines is 1. The van der Waals surface area contributed by atoms with E-state index in [1.807, 2.05) is 4.98 Å². The fourth-order valence-electron chi connectivity index (χ4n) is 3.58. The third-order valence-electron chi connectivity index (χ3n) is 5.38. The second kappa shape index (κ2) is 13.6. The van der Waals surface area contributed by atoms with Crippen LogP contribution in [0, 0.1) is 5.92 Å². The molecule has 0 radical (unpaired) electrons. The van der Waals surface area contributed by atoms with Gasteiger partial charge in [-0.15, -0.1) is 0 Å². The Morgan fingerprint density at radius 1 is 1.11 bits per heavy atom. The summed E-state index contributed by atoms with van der Waals surface area (Å²) in [4.78, 5) is 50.1. The molecule has 2 heterocycles. The normalized spacial score (nSPS) is 23.4. The molecule has 38 heavy (non-hydrogen) atoms. The minimum Gasteiger partial charge on any atom is -0.462 e. The van der Waals surface area contributed by atoms with Crippen LogP contribution in [-0.4, -0.2) is 76.4 Å². The van der Waals surface area contributed by atoms with E-state index in [9.17, 15) is 33.2 Å². The molecular formula is C22H36FN4O10P. The average molecular weight is 567 g/mol. The molecule has 0 unspecified atom stereocenters. The maximum Gasteiger partial charge on any atom is 0.342 e. The number of hydrogen-bond acceptors (Lipinski definition) is 10. The van der Waals surface area contributed by atoms with Crippen molar-refractivity contribution in [1.82, 2.24) is 19.7 Å². The summed E-state index contributed by atoms with van der Waals surface area (Å²) in [7, 11) is -4.24. The lowest BCUT2D eigenvalue weighted by Crippen LogP contribution is -2.43. The van der Waals surface area contributed by atoms with Crippen LogP contribution < -0.4 is 21.4 Å². The Morgan fingerprint density at radius 3 is 2.08 bits per heavy atom. The number of aliphatic hydroxyl groups is 1. The van der Waals surface area contributed by atoms with E-state index < -0.39 is 92.8 Å². The number of carbonyl (C=O) groups excluding carboxylic acids is 2. The Morgan fingerprint density at radius 2 is 1.63 bits per heavy atom. The molecule has 1 aromatic rings. The molecule has 1 fully saturated rings. The van der Waals surface area contributed by atoms with E-state index in [1.54, 1.807) is 27.7 Å². The number of H-pyrrole nitrogens is 1. The number of aliphatic hydroxyl groups excluding tert-OH is 1. The molecule has 14 nitrogen and oxygen atoms in total. The molecule has 1 saturated heterocycles. The van der Waals surface area contributed by atoms with Crippen molar-refractivity contribution < 1.29 is 42.4 Å². The monoisotopic (exact) mass is 566 g/mol. The summed E-state index contributed by atoms with van der Waals surface area (Å²) in [5.41, 5.74) is -1.56. The molecule has 4 N–H and O–H groups in total. The van der Waals surface area contributed by atoms with Crippen LogP contribution in [-0.2, 0) is 32.9 Å². The zero-order valence-corrected chi connectivity index (χ0v) is 23.0. The number of nitrogens with one attached hydrogen (secondary N) is 3. The number of alkyl halides is 1. The minimum atomic E-state index is -4.24. The Bertz CT molecular complexity index is 1090. The topological polar surface area (TPSA) is 187 Å². The van der Waals surface area contributed by atoms with Crippen molar-refractivity contribution in [2.75, 3.05) is 13.3 Å². The predicted octanol–water partition coefficient (Wildman–Crippen LogP) is 0.365. The van der Waals surface area contributed by atoms with Crippen molar-refractivity contribution in [1.29, 1.82) is 0 Å². The molecule has 2 rings (SSSR count). The Hall–Kier alpha value is -2.42. The average Bonchev–Trinajstić information content (AvgIpc) is 3.11. The first kappa shape index (κ1) is 31.8. The number of aromatic nitrogens is 2. The van der Waals surface area contributed by atoms with E-state index >= 15 is 0 Å². The van der Waals surface area contributed by atoms with Crippen LogP contribution in [0.5, 0.6) is 0 Å². The zero-order valence-electron chi connectivity index (χ0n) is 22.1. The smallest absolute Gasteiger partial charge is 0.342 e. The lowest BCUT2D eigenvalue weighted by Gasteiger charge is -2.28. The summed E-state index contributed by atoms with van der Waals surface area (Å²) in [6.45, 7) is 7.62. The summed E-state index contributed by atoms with van der Waals surface area (Å²) in [6.07, 6.45) is -3.90. The number of esters is 2. The van der Waals surface area contributed by atoms with Crippen LogP contribution in [0.25, 0.3) is 0 Å². The third-order valence-corrected chi connectivity index (χ3v) is 7.35. The van der Waals surface area contributed by atoms with E-state index in [0.29, 0.717) is 0 Å². The van der Waals surface area contributed by atoms with Crippen LogP contribution in [0.3, 0.4) is 0 Å². The summed E-state index contributed by atoms with van der Waals surface area (Å²) in [5, 5.41) is 15.6. The molecule has 0 saturated carbocycles. The molecule has 216 valence electrons. The van der Waals surface area contributed by atoms with Crippen LogP contribution in [0.4, 0.5) is 4.39 Å². The highest BCUT2D eigenvalue weighted by molar-refractivity contribution is 7.54. The number of ether oxygens (including phenoxy) is 3. The number of carbonyl (C=O) groups is 2. The Balaban J connectivity index is 2.24. The lowest BCUT2D eigenvalue weighted by atomic mass is 10.00. The van der Waals surface area contributed by atoms with Crippen LogP contribution >= 0.6 is 7.67 Å². The van der Waals surface area contributed by atoms with Gasteiger partial charge in [0.2, 0.25) is 0 Å². The molecule has 1 aromatic heterocycles. The molecule has 6 atom stereocenters. The van der Waals surface area contributed by atoms with Gasteiger partial charge in [0, 0.05) is 18.2 Å². The minimum absolute atomic E-state index is 0.452. The van der Waals surface area contributed by atoms with E-state index in [4.69, 9.17) is 18.7 Å². The molecule has 0 aliphatic carbocycles. The Kier molecular flexibility index (Phi) is 11.4. The highest BCUT2D eigenvalue weighted by atomic mass is 31.2. The van der Waals surface area contributed by atoms with Gasteiger partial charge in [-0.2, -0.15) is 0 Å². The number of rotatable bonds is 13. The van der Waals surface area contributed by atoms with Crippen molar-refractivity contribution in [2.24, 2.45) is 5.92 Å². The van der Waals surface area contributed by atoms with Crippen molar-refractivity contribution in [3.63, 3.8) is 0 Å². The SMILES string of the molecule is CC(C)OC(=O)[C@H](C)NP(=O)(N[C@@H](C)C(=O)OC(C)C)OC[C@H]1O[C@@H](n2ccc(=O)[nH]c2=O)[C@H](O)[C@@H]1CF. The van der Waals surface area contributed by atoms with E-state index in [2.05, 4.69) is 10.2 Å². The molecular weight excluding hydrogens is 530 g/mol. The first-order valence-electron chi connectivity index (χ1n) is 12.1. The molecule has 1 aliphatic heterocycles. The number of nitrogens with zero attached hydrogens (tertiary/aromatic N) is 1. The number of hydrogen-bond donors (Lipinski definition) is 4. The Labute approximate surface area is 218 Å². The zero-order chi connectivity index (χ0) is 28.8. The van der Waals surface area contributed by atoms with Crippen LogP contribution in [0.1, 0.15) is 47.8 Å². The van der Waals surface area contributed by atoms with Gasteiger partial charge in [0.1, 0.15) is 18.2 Å². The van der Waals surface area contributed by atoms with E-state index in [-0.39, 0.29) is 0 Å². The largest absolute Gasteiger partial charge is 0.462 e. The summed E-state index contributed by atoms with van der Waals surface area (Å²) >= 11 is 0. The van der Waals surface area contributed by atoms with Gasteiger partial charge in [0.15, 0.2) is 6.23 Å². The van der Waals surface area contributed by atoms with Gasteiger partial charge in [-0.3, -0.25) is 32.9 Å². The van der Waals surface area contributed by atoms with Gasteiger partial charge in [0.25, 0.3) is 5.56 Å². The number of halogens is 1. The second-order valence-corrected chi connectivity index (χ2v) is 11.3. The summed E-state index contributed by atoms with van der Waals surface area (Å²) in [5.74, 6) is -2.68. The summed E-state index contributed by atoms with van der Waals surface area (Å²) < 4.78 is 49.9. The molecule has 16 heteroatoms. The molecule has 0 amide bonds. The third kappa shape index (κ3) is 8.55. The molecule has 1 aliphatic rings. The second-order valence-electron chi connectivity index (χ2n) is 9.41. The summed E-state index contributed by atoms with van der Waals surface area (Å²) in [6, 6.07) is -1.27. The highest BCUT2D eigenvalue weighted by Gasteiger charge is 2.46. The van der Waals surface area contributed by atoms with Crippen LogP contribution in [0.15, 0.2) is 21.9 Å². The molecule has 0 spiro atoms. The standard InChI is InChI=1S/C22H36FN4O10P/c1-11(2)35-20(30)13(5)25-38(33,26-14(6)21(31)36-12(3)4)34-10-16-15(9-23)18(29)19(37-16)27-8-7-17(28)24-22(27)32/h7-8,11-16,18-19,29H,9-10H2,1-6H3,(H,24,28,32)(H2,25,26,33)/t13-,14-,15+,16+,18+,19+/m0/s1. The van der Waals surface area contributed by atoms with Crippen molar-refractivity contribution in [3.05, 3.63) is 33.1 Å². The highest BCUT2D eigenvalue weighted by Crippen LogP contribution is 2.42. The van der Waals surface area contributed by atoms with E-state index in [0.717, 1.165) is 16.8 Å². The first-order chi connectivity index (χ1) is 17.7. The maximum atomic E-state index is 13.9. The molecule has 0 aromatic carbocycles.